The van der Waals surface area contributed by atoms with E-state index < -0.39 is 35.2 Å². The molecule has 2 aliphatic rings. The predicted molar refractivity (Wildman–Crippen MR) is 114 cm³/mol. The van der Waals surface area contributed by atoms with Gasteiger partial charge >= 0.3 is 11.9 Å². The third-order valence-electron chi connectivity index (χ3n) is 4.79. The third-order valence-corrected chi connectivity index (χ3v) is 6.13. The Hall–Kier alpha value is -3.21. The summed E-state index contributed by atoms with van der Waals surface area (Å²) in [7, 11) is 0. The molecule has 2 atom stereocenters. The van der Waals surface area contributed by atoms with Gasteiger partial charge in [-0.25, -0.2) is 4.79 Å². The molecule has 0 aromatic heterocycles. The average Bonchev–Trinajstić information content (AvgIpc) is 2.76. The van der Waals surface area contributed by atoms with Gasteiger partial charge in [0, 0.05) is 23.8 Å². The van der Waals surface area contributed by atoms with Crippen molar-refractivity contribution in [3.8, 4) is 11.5 Å². The number of amides is 2. The number of thioether (sulfide) groups is 1. The van der Waals surface area contributed by atoms with Crippen LogP contribution >= 0.6 is 11.8 Å². The lowest BCUT2D eigenvalue weighted by atomic mass is 10.0. The molecule has 2 aliphatic heterocycles. The number of carboxylic acids is 1. The van der Waals surface area contributed by atoms with E-state index in [2.05, 4.69) is 5.32 Å². The first kappa shape index (κ1) is 23.5. The van der Waals surface area contributed by atoms with Crippen molar-refractivity contribution in [1.82, 2.24) is 10.2 Å². The van der Waals surface area contributed by atoms with Crippen LogP contribution in [0.5, 0.6) is 11.5 Å². The highest BCUT2D eigenvalue weighted by Gasteiger charge is 2.54. The molecule has 0 aliphatic carbocycles. The van der Waals surface area contributed by atoms with E-state index in [0.29, 0.717) is 30.3 Å². The standard InChI is InChI=1S/C21H24N2O8S/c1-4-29-14-7-6-12(8-15(14)30-5-2)18(25)22-16-19(26)23-17(21(27)28)13(9-31-11(3)24)10-32-20(16)23/h6-8,16,20H,4-5,9-10H2,1-3H3,(H,22,25)(H,27,28)/t16-,20-/m1/s1. The van der Waals surface area contributed by atoms with Crippen molar-refractivity contribution in [2.24, 2.45) is 0 Å². The van der Waals surface area contributed by atoms with Crippen molar-refractivity contribution in [2.45, 2.75) is 32.2 Å². The first-order valence-corrected chi connectivity index (χ1v) is 11.1. The molecule has 11 heteroatoms. The van der Waals surface area contributed by atoms with Crippen LogP contribution in [-0.4, -0.2) is 70.7 Å². The lowest BCUT2D eigenvalue weighted by Crippen LogP contribution is -2.70. The normalized spacial score (nSPS) is 19.6. The molecule has 2 N–H and O–H groups in total. The van der Waals surface area contributed by atoms with Gasteiger partial charge < -0.3 is 24.6 Å². The highest BCUT2D eigenvalue weighted by atomic mass is 32.2. The summed E-state index contributed by atoms with van der Waals surface area (Å²) < 4.78 is 15.9. The van der Waals surface area contributed by atoms with Crippen LogP contribution in [0.4, 0.5) is 0 Å². The van der Waals surface area contributed by atoms with Gasteiger partial charge in [-0.3, -0.25) is 19.3 Å². The van der Waals surface area contributed by atoms with Gasteiger partial charge in [0.1, 0.15) is 23.7 Å². The maximum absolute atomic E-state index is 12.8. The number of hydrogen-bond acceptors (Lipinski definition) is 8. The van der Waals surface area contributed by atoms with Crippen molar-refractivity contribution in [3.63, 3.8) is 0 Å². The van der Waals surface area contributed by atoms with E-state index >= 15 is 0 Å². The fourth-order valence-corrected chi connectivity index (χ4v) is 4.73. The molecular weight excluding hydrogens is 440 g/mol. The molecular formula is C21H24N2O8S. The molecule has 10 nitrogen and oxygen atoms in total. The van der Waals surface area contributed by atoms with Gasteiger partial charge in [0.2, 0.25) is 0 Å². The first-order valence-electron chi connectivity index (χ1n) is 10.0. The summed E-state index contributed by atoms with van der Waals surface area (Å²) in [6, 6.07) is 3.86. The van der Waals surface area contributed by atoms with E-state index in [9.17, 15) is 24.3 Å². The fourth-order valence-electron chi connectivity index (χ4n) is 3.40. The number of carboxylic acid groups (broad SMARTS) is 1. The van der Waals surface area contributed by atoms with Crippen LogP contribution in [0.15, 0.2) is 29.5 Å². The van der Waals surface area contributed by atoms with Crippen LogP contribution in [0.3, 0.4) is 0 Å². The summed E-state index contributed by atoms with van der Waals surface area (Å²) in [4.78, 5) is 49.5. The van der Waals surface area contributed by atoms with Gasteiger partial charge in [-0.2, -0.15) is 0 Å². The number of esters is 1. The molecule has 0 bridgehead atoms. The number of ether oxygens (including phenoxy) is 3. The Balaban J connectivity index is 1.75. The smallest absolute Gasteiger partial charge is 0.352 e. The van der Waals surface area contributed by atoms with Gasteiger partial charge in [0.25, 0.3) is 11.8 Å². The number of carbonyl (C=O) groups excluding carboxylic acids is 3. The van der Waals surface area contributed by atoms with Crippen molar-refractivity contribution >= 4 is 35.5 Å². The summed E-state index contributed by atoms with van der Waals surface area (Å²) in [6.45, 7) is 5.49. The van der Waals surface area contributed by atoms with Crippen molar-refractivity contribution in [1.29, 1.82) is 0 Å². The van der Waals surface area contributed by atoms with Crippen molar-refractivity contribution in [2.75, 3.05) is 25.6 Å². The molecule has 2 heterocycles. The second kappa shape index (κ2) is 9.94. The van der Waals surface area contributed by atoms with Gasteiger partial charge in [-0.1, -0.05) is 0 Å². The molecule has 172 valence electrons. The lowest BCUT2D eigenvalue weighted by Gasteiger charge is -2.49. The van der Waals surface area contributed by atoms with E-state index in [-0.39, 0.29) is 23.6 Å². The Morgan fingerprint density at radius 3 is 2.50 bits per heavy atom. The number of fused-ring (bicyclic) bond motifs is 1. The SMILES string of the molecule is CCOc1ccc(C(=O)N[C@@H]2C(=O)N3C(C(=O)O)=C(COC(C)=O)CS[C@H]23)cc1OCC. The van der Waals surface area contributed by atoms with Crippen LogP contribution in [0.25, 0.3) is 0 Å². The molecule has 1 saturated heterocycles. The molecule has 0 saturated carbocycles. The number of nitrogens with one attached hydrogen (secondary N) is 1. The van der Waals surface area contributed by atoms with Gasteiger partial charge in [-0.05, 0) is 32.0 Å². The van der Waals surface area contributed by atoms with Crippen LogP contribution in [0.1, 0.15) is 31.1 Å². The lowest BCUT2D eigenvalue weighted by molar-refractivity contribution is -0.149. The van der Waals surface area contributed by atoms with Crippen LogP contribution < -0.4 is 14.8 Å². The number of nitrogens with zero attached hydrogens (tertiary/aromatic N) is 1. The number of rotatable bonds is 9. The van der Waals surface area contributed by atoms with Crippen LogP contribution in [0, 0.1) is 0 Å². The van der Waals surface area contributed by atoms with Crippen LogP contribution in [-0.2, 0) is 19.1 Å². The number of hydrogen-bond donors (Lipinski definition) is 2. The molecule has 32 heavy (non-hydrogen) atoms. The number of carbonyl (C=O) groups is 4. The average molecular weight is 464 g/mol. The second-order valence-corrected chi connectivity index (χ2v) is 8.03. The highest BCUT2D eigenvalue weighted by Crippen LogP contribution is 2.40. The Labute approximate surface area is 188 Å². The zero-order chi connectivity index (χ0) is 23.4. The van der Waals surface area contributed by atoms with E-state index in [1.54, 1.807) is 18.2 Å². The third kappa shape index (κ3) is 4.67. The minimum atomic E-state index is -1.29. The zero-order valence-electron chi connectivity index (χ0n) is 17.9. The largest absolute Gasteiger partial charge is 0.490 e. The summed E-state index contributed by atoms with van der Waals surface area (Å²) in [6.07, 6.45) is 0. The number of β-lactam (4-membered cyclic amide) rings is 1. The maximum atomic E-state index is 12.8. The monoisotopic (exact) mass is 464 g/mol. The molecule has 1 aromatic carbocycles. The summed E-state index contributed by atoms with van der Waals surface area (Å²) >= 11 is 1.30. The molecule has 0 unspecified atom stereocenters. The van der Waals surface area contributed by atoms with E-state index in [0.717, 1.165) is 4.90 Å². The highest BCUT2D eigenvalue weighted by molar-refractivity contribution is 8.00. The van der Waals surface area contributed by atoms with Crippen molar-refractivity contribution < 1.29 is 38.5 Å². The molecule has 2 amide bonds. The van der Waals surface area contributed by atoms with Crippen molar-refractivity contribution in [3.05, 3.63) is 35.0 Å². The number of aliphatic carboxylic acids is 1. The summed E-state index contributed by atoms with van der Waals surface area (Å²) in [5.74, 6) is -1.67. The minimum absolute atomic E-state index is 0.204. The van der Waals surface area contributed by atoms with Gasteiger partial charge in [-0.15, -0.1) is 11.8 Å². The van der Waals surface area contributed by atoms with Gasteiger partial charge in [0.15, 0.2) is 11.5 Å². The Morgan fingerprint density at radius 1 is 1.19 bits per heavy atom. The molecule has 0 radical (unpaired) electrons. The Bertz CT molecular complexity index is 977. The quantitative estimate of drug-likeness (QED) is 0.411. The predicted octanol–water partition coefficient (Wildman–Crippen LogP) is 1.40. The molecule has 1 aromatic rings. The van der Waals surface area contributed by atoms with Gasteiger partial charge in [0.05, 0.1) is 13.2 Å². The first-order chi connectivity index (χ1) is 15.3. The topological polar surface area (TPSA) is 131 Å². The molecule has 0 spiro atoms. The Kier molecular flexibility index (Phi) is 7.29. The minimum Gasteiger partial charge on any atom is -0.490 e. The summed E-state index contributed by atoms with van der Waals surface area (Å²) in [5.41, 5.74) is 0.415. The molecule has 1 fully saturated rings. The number of benzene rings is 1. The van der Waals surface area contributed by atoms with E-state index in [1.807, 2.05) is 13.8 Å². The van der Waals surface area contributed by atoms with E-state index in [1.165, 1.54) is 18.7 Å². The molecule has 3 rings (SSSR count). The maximum Gasteiger partial charge on any atom is 0.352 e. The summed E-state index contributed by atoms with van der Waals surface area (Å²) in [5, 5.41) is 11.7. The zero-order valence-corrected chi connectivity index (χ0v) is 18.7. The fraction of sp³-hybridized carbons (Fsp3) is 0.429. The van der Waals surface area contributed by atoms with E-state index in [4.69, 9.17) is 14.2 Å². The van der Waals surface area contributed by atoms with Crippen LogP contribution in [0.2, 0.25) is 0 Å². The Morgan fingerprint density at radius 2 is 1.88 bits per heavy atom. The second-order valence-electron chi connectivity index (χ2n) is 6.93.